The average Bonchev–Trinajstić information content (AvgIpc) is 2.40. The van der Waals surface area contributed by atoms with E-state index in [2.05, 4.69) is 0 Å². The van der Waals surface area contributed by atoms with Crippen LogP contribution in [0.4, 0.5) is 0 Å². The van der Waals surface area contributed by atoms with Crippen molar-refractivity contribution in [2.24, 2.45) is 0 Å². The van der Waals surface area contributed by atoms with Crippen LogP contribution < -0.4 is 9.47 Å². The Morgan fingerprint density at radius 3 is 2.53 bits per heavy atom. The van der Waals surface area contributed by atoms with Gasteiger partial charge >= 0.3 is 5.97 Å². The molecule has 19 heavy (non-hydrogen) atoms. The van der Waals surface area contributed by atoms with Crippen LogP contribution in [-0.4, -0.2) is 31.9 Å². The molecule has 0 aliphatic heterocycles. The lowest BCUT2D eigenvalue weighted by atomic mass is 10.0. The van der Waals surface area contributed by atoms with Gasteiger partial charge in [0, 0.05) is 16.7 Å². The molecule has 0 aliphatic rings. The molecule has 0 radical (unpaired) electrons. The molecule has 0 aromatic heterocycles. The highest BCUT2D eigenvalue weighted by atomic mass is 35.5. The second-order valence-electron chi connectivity index (χ2n) is 3.79. The molecule has 0 saturated heterocycles. The fourth-order valence-electron chi connectivity index (χ4n) is 1.75. The van der Waals surface area contributed by atoms with E-state index in [9.17, 15) is 9.90 Å². The topological polar surface area (TPSA) is 65.0 Å². The Hall–Kier alpha value is -1.46. The number of esters is 1. The van der Waals surface area contributed by atoms with Crippen molar-refractivity contribution >= 4 is 17.6 Å². The number of benzene rings is 1. The summed E-state index contributed by atoms with van der Waals surface area (Å²) in [6.45, 7) is 3.52. The Labute approximate surface area is 117 Å². The van der Waals surface area contributed by atoms with Crippen LogP contribution >= 0.6 is 11.6 Å². The Morgan fingerprint density at radius 2 is 2.05 bits per heavy atom. The first-order chi connectivity index (χ1) is 8.97. The molecule has 6 heteroatoms. The van der Waals surface area contributed by atoms with Crippen LogP contribution in [0, 0.1) is 6.92 Å². The predicted octanol–water partition coefficient (Wildman–Crippen LogP) is 2.26. The number of hydrogen-bond acceptors (Lipinski definition) is 5. The Kier molecular flexibility index (Phi) is 5.44. The number of rotatable bonds is 5. The van der Waals surface area contributed by atoms with Crippen molar-refractivity contribution in [3.8, 4) is 11.5 Å². The maximum absolute atomic E-state index is 11.7. The van der Waals surface area contributed by atoms with Crippen molar-refractivity contribution < 1.29 is 24.1 Å². The van der Waals surface area contributed by atoms with Gasteiger partial charge in [-0.1, -0.05) is 11.6 Å². The van der Waals surface area contributed by atoms with Gasteiger partial charge in [-0.15, -0.1) is 0 Å². The number of aliphatic hydroxyl groups excluding tert-OH is 1. The van der Waals surface area contributed by atoms with E-state index in [1.54, 1.807) is 19.9 Å². The molecule has 0 amide bonds. The van der Waals surface area contributed by atoms with Crippen molar-refractivity contribution in [1.29, 1.82) is 0 Å². The number of aliphatic hydroxyl groups is 1. The number of hydrogen-bond donors (Lipinski definition) is 1. The first kappa shape index (κ1) is 15.6. The lowest BCUT2D eigenvalue weighted by molar-refractivity contribution is -0.153. The molecule has 0 fully saturated rings. The van der Waals surface area contributed by atoms with Gasteiger partial charge in [0.05, 0.1) is 20.8 Å². The zero-order chi connectivity index (χ0) is 14.6. The summed E-state index contributed by atoms with van der Waals surface area (Å²) in [7, 11) is 2.87. The highest BCUT2D eigenvalue weighted by molar-refractivity contribution is 6.31. The lowest BCUT2D eigenvalue weighted by Gasteiger charge is -2.19. The minimum Gasteiger partial charge on any atom is -0.493 e. The summed E-state index contributed by atoms with van der Waals surface area (Å²) >= 11 is 6.05. The molecular weight excluding hydrogens is 272 g/mol. The van der Waals surface area contributed by atoms with Gasteiger partial charge in [0.1, 0.15) is 0 Å². The van der Waals surface area contributed by atoms with E-state index in [4.69, 9.17) is 25.8 Å². The summed E-state index contributed by atoms with van der Waals surface area (Å²) in [5.74, 6) is -0.144. The summed E-state index contributed by atoms with van der Waals surface area (Å²) < 4.78 is 15.1. The van der Waals surface area contributed by atoms with Gasteiger partial charge in [-0.2, -0.15) is 0 Å². The maximum atomic E-state index is 11.7. The summed E-state index contributed by atoms with van der Waals surface area (Å²) in [5, 5.41) is 10.5. The first-order valence-electron chi connectivity index (χ1n) is 5.73. The van der Waals surface area contributed by atoms with E-state index in [0.29, 0.717) is 16.3 Å². The third kappa shape index (κ3) is 3.11. The third-order valence-electron chi connectivity index (χ3n) is 2.70. The van der Waals surface area contributed by atoms with E-state index in [1.165, 1.54) is 14.2 Å². The van der Waals surface area contributed by atoms with E-state index >= 15 is 0 Å². The molecule has 1 rings (SSSR count). The second-order valence-corrected chi connectivity index (χ2v) is 4.19. The zero-order valence-electron chi connectivity index (χ0n) is 11.3. The van der Waals surface area contributed by atoms with Crippen LogP contribution in [0.2, 0.25) is 5.02 Å². The smallest absolute Gasteiger partial charge is 0.339 e. The van der Waals surface area contributed by atoms with Gasteiger partial charge in [-0.25, -0.2) is 4.79 Å². The van der Waals surface area contributed by atoms with Crippen molar-refractivity contribution in [1.82, 2.24) is 0 Å². The van der Waals surface area contributed by atoms with E-state index < -0.39 is 12.1 Å². The standard InChI is InChI=1S/C13H17ClO5/c1-5-19-13(16)11(15)10-7(2)8(14)6-9(17-3)12(10)18-4/h6,11,15H,5H2,1-4H3. The molecule has 106 valence electrons. The molecule has 0 saturated carbocycles. The SMILES string of the molecule is CCOC(=O)C(O)c1c(C)c(Cl)cc(OC)c1OC. The Morgan fingerprint density at radius 1 is 1.42 bits per heavy atom. The highest BCUT2D eigenvalue weighted by Crippen LogP contribution is 2.41. The molecule has 0 spiro atoms. The fraction of sp³-hybridized carbons (Fsp3) is 0.462. The molecule has 1 aromatic rings. The van der Waals surface area contributed by atoms with Crippen LogP contribution in [-0.2, 0) is 9.53 Å². The van der Waals surface area contributed by atoms with Gasteiger partial charge in [0.15, 0.2) is 17.6 Å². The number of halogens is 1. The van der Waals surface area contributed by atoms with Gasteiger partial charge in [0.2, 0.25) is 0 Å². The zero-order valence-corrected chi connectivity index (χ0v) is 12.1. The Bertz CT molecular complexity index is 473. The monoisotopic (exact) mass is 288 g/mol. The van der Waals surface area contributed by atoms with Crippen LogP contribution in [0.5, 0.6) is 11.5 Å². The maximum Gasteiger partial charge on any atom is 0.339 e. The molecule has 5 nitrogen and oxygen atoms in total. The summed E-state index contributed by atoms with van der Waals surface area (Å²) in [6.07, 6.45) is -1.47. The molecule has 1 N–H and O–H groups in total. The second kappa shape index (κ2) is 6.63. The molecule has 1 unspecified atom stereocenters. The largest absolute Gasteiger partial charge is 0.493 e. The van der Waals surface area contributed by atoms with Crippen LogP contribution in [0.1, 0.15) is 24.2 Å². The number of methoxy groups -OCH3 is 2. The quantitative estimate of drug-likeness (QED) is 0.842. The normalized spacial score (nSPS) is 11.9. The van der Waals surface area contributed by atoms with Gasteiger partial charge < -0.3 is 19.3 Å². The van der Waals surface area contributed by atoms with E-state index in [1.807, 2.05) is 0 Å². The number of carbonyl (C=O) groups excluding carboxylic acids is 1. The number of ether oxygens (including phenoxy) is 3. The van der Waals surface area contributed by atoms with Crippen molar-refractivity contribution in [2.45, 2.75) is 20.0 Å². The first-order valence-corrected chi connectivity index (χ1v) is 6.11. The highest BCUT2D eigenvalue weighted by Gasteiger charge is 2.28. The summed E-state index contributed by atoms with van der Waals surface area (Å²) in [5.41, 5.74) is 0.796. The van der Waals surface area contributed by atoms with Gasteiger partial charge in [-0.3, -0.25) is 0 Å². The number of carbonyl (C=O) groups is 1. The fourth-order valence-corrected chi connectivity index (χ4v) is 1.95. The Balaban J connectivity index is 3.38. The molecule has 0 aliphatic carbocycles. The van der Waals surface area contributed by atoms with Crippen molar-refractivity contribution in [3.05, 3.63) is 22.2 Å². The average molecular weight is 289 g/mol. The van der Waals surface area contributed by atoms with Crippen LogP contribution in [0.15, 0.2) is 6.07 Å². The molecule has 0 heterocycles. The molecule has 0 bridgehead atoms. The van der Waals surface area contributed by atoms with Crippen LogP contribution in [0.25, 0.3) is 0 Å². The predicted molar refractivity (Wildman–Crippen MR) is 70.9 cm³/mol. The lowest BCUT2D eigenvalue weighted by Crippen LogP contribution is -2.17. The van der Waals surface area contributed by atoms with Crippen molar-refractivity contribution in [2.75, 3.05) is 20.8 Å². The third-order valence-corrected chi connectivity index (χ3v) is 3.09. The minimum atomic E-state index is -1.47. The molecule has 1 aromatic carbocycles. The van der Waals surface area contributed by atoms with E-state index in [0.717, 1.165) is 0 Å². The van der Waals surface area contributed by atoms with E-state index in [-0.39, 0.29) is 17.9 Å². The summed E-state index contributed by atoms with van der Waals surface area (Å²) in [6, 6.07) is 1.57. The van der Waals surface area contributed by atoms with Crippen LogP contribution in [0.3, 0.4) is 0 Å². The van der Waals surface area contributed by atoms with Crippen molar-refractivity contribution in [3.63, 3.8) is 0 Å². The molecule has 1 atom stereocenters. The minimum absolute atomic E-state index is 0.176. The summed E-state index contributed by atoms with van der Waals surface area (Å²) in [4.78, 5) is 11.7. The molecular formula is C13H17ClO5. The van der Waals surface area contributed by atoms with Gasteiger partial charge in [0.25, 0.3) is 0 Å². The van der Waals surface area contributed by atoms with Gasteiger partial charge in [-0.05, 0) is 19.4 Å².